The maximum absolute atomic E-state index is 11.2. The molecule has 14 heavy (non-hydrogen) atoms. The summed E-state index contributed by atoms with van der Waals surface area (Å²) in [5, 5.41) is 9.29. The molecule has 4 nitrogen and oxygen atoms in total. The highest BCUT2D eigenvalue weighted by Crippen LogP contribution is 2.19. The van der Waals surface area contributed by atoms with Crippen LogP contribution in [0.25, 0.3) is 0 Å². The minimum Gasteiger partial charge on any atom is -0.507 e. The molecule has 0 fully saturated rings. The maximum atomic E-state index is 11.2. The maximum Gasteiger partial charge on any atom is 0.350 e. The molecule has 0 radical (unpaired) electrons. The average molecular weight is 237 g/mol. The van der Waals surface area contributed by atoms with Gasteiger partial charge in [0.05, 0.1) is 0 Å². The SMILES string of the molecule is Cc1cc(O)c(C(=O)C(Cl)Cl)c(=O)o1. The van der Waals surface area contributed by atoms with E-state index in [4.69, 9.17) is 23.2 Å². The molecule has 6 heteroatoms. The minimum atomic E-state index is -1.40. The summed E-state index contributed by atoms with van der Waals surface area (Å²) < 4.78 is 4.61. The van der Waals surface area contributed by atoms with Crippen LogP contribution in [0.2, 0.25) is 0 Å². The fourth-order valence-corrected chi connectivity index (χ4v) is 1.15. The van der Waals surface area contributed by atoms with Gasteiger partial charge in [0, 0.05) is 6.07 Å². The number of aromatic hydroxyl groups is 1. The Bertz CT molecular complexity index is 422. The summed E-state index contributed by atoms with van der Waals surface area (Å²) in [5.41, 5.74) is -1.47. The lowest BCUT2D eigenvalue weighted by Gasteiger charge is -2.02. The van der Waals surface area contributed by atoms with E-state index in [1.807, 2.05) is 0 Å². The zero-order chi connectivity index (χ0) is 10.9. The van der Waals surface area contributed by atoms with Crippen molar-refractivity contribution in [2.45, 2.75) is 11.8 Å². The Hall–Kier alpha value is -1.00. The van der Waals surface area contributed by atoms with Crippen LogP contribution in [0.3, 0.4) is 0 Å². The third-order valence-corrected chi connectivity index (χ3v) is 1.89. The van der Waals surface area contributed by atoms with Crippen molar-refractivity contribution in [2.24, 2.45) is 0 Å². The van der Waals surface area contributed by atoms with Crippen LogP contribution in [-0.2, 0) is 0 Å². The van der Waals surface area contributed by atoms with Crippen LogP contribution in [-0.4, -0.2) is 15.7 Å². The van der Waals surface area contributed by atoms with Gasteiger partial charge in [-0.15, -0.1) is 0 Å². The smallest absolute Gasteiger partial charge is 0.350 e. The number of ketones is 1. The first-order chi connectivity index (χ1) is 6.43. The third kappa shape index (κ3) is 2.08. The lowest BCUT2D eigenvalue weighted by atomic mass is 10.2. The molecule has 0 spiro atoms. The summed E-state index contributed by atoms with van der Waals surface area (Å²) in [7, 11) is 0. The Morgan fingerprint density at radius 3 is 2.57 bits per heavy atom. The standard InChI is InChI=1S/C8H6Cl2O4/c1-3-2-4(11)5(8(13)14-3)6(12)7(9)10/h2,7,11H,1H3. The van der Waals surface area contributed by atoms with Gasteiger partial charge in [-0.1, -0.05) is 23.2 Å². The Kier molecular flexibility index (Phi) is 3.18. The summed E-state index contributed by atoms with van der Waals surface area (Å²) in [6, 6.07) is 1.14. The monoisotopic (exact) mass is 236 g/mol. The Morgan fingerprint density at radius 2 is 2.14 bits per heavy atom. The summed E-state index contributed by atoms with van der Waals surface area (Å²) in [6.45, 7) is 1.47. The largest absolute Gasteiger partial charge is 0.507 e. The molecule has 0 saturated carbocycles. The van der Waals surface area contributed by atoms with Gasteiger partial charge in [0.2, 0.25) is 5.78 Å². The lowest BCUT2D eigenvalue weighted by molar-refractivity contribution is 0.1000. The molecule has 1 aromatic heterocycles. The van der Waals surface area contributed by atoms with Gasteiger partial charge < -0.3 is 9.52 Å². The van der Waals surface area contributed by atoms with Crippen molar-refractivity contribution in [2.75, 3.05) is 0 Å². The van der Waals surface area contributed by atoms with E-state index < -0.39 is 27.6 Å². The second kappa shape index (κ2) is 4.02. The molecule has 0 bridgehead atoms. The van der Waals surface area contributed by atoms with Crippen molar-refractivity contribution in [3.63, 3.8) is 0 Å². The molecule has 0 aliphatic rings. The van der Waals surface area contributed by atoms with Crippen LogP contribution < -0.4 is 5.63 Å². The Labute approximate surface area is 89.1 Å². The second-order valence-electron chi connectivity index (χ2n) is 2.57. The van der Waals surface area contributed by atoms with Gasteiger partial charge in [-0.25, -0.2) is 4.79 Å². The van der Waals surface area contributed by atoms with Gasteiger partial charge in [0.25, 0.3) is 0 Å². The highest BCUT2D eigenvalue weighted by Gasteiger charge is 2.23. The van der Waals surface area contributed by atoms with Crippen LogP contribution in [0.5, 0.6) is 5.75 Å². The molecule has 0 amide bonds. The Balaban J connectivity index is 3.36. The first-order valence-corrected chi connectivity index (χ1v) is 4.47. The minimum absolute atomic E-state index is 0.199. The number of aryl methyl sites for hydroxylation is 1. The van der Waals surface area contributed by atoms with Gasteiger partial charge in [0.1, 0.15) is 17.1 Å². The van der Waals surface area contributed by atoms with E-state index in [2.05, 4.69) is 4.42 Å². The van der Waals surface area contributed by atoms with Crippen LogP contribution in [0.1, 0.15) is 16.1 Å². The Morgan fingerprint density at radius 1 is 1.57 bits per heavy atom. The highest BCUT2D eigenvalue weighted by atomic mass is 35.5. The van der Waals surface area contributed by atoms with Crippen molar-refractivity contribution in [3.05, 3.63) is 27.8 Å². The third-order valence-electron chi connectivity index (χ3n) is 1.50. The van der Waals surface area contributed by atoms with Crippen molar-refractivity contribution < 1.29 is 14.3 Å². The number of Topliss-reactive ketones (excluding diaryl/α,β-unsaturated/α-hetero) is 1. The van der Waals surface area contributed by atoms with Crippen molar-refractivity contribution in [1.29, 1.82) is 0 Å². The van der Waals surface area contributed by atoms with E-state index in [-0.39, 0.29) is 5.76 Å². The van der Waals surface area contributed by atoms with Crippen LogP contribution >= 0.6 is 23.2 Å². The van der Waals surface area contributed by atoms with Gasteiger partial charge in [-0.2, -0.15) is 0 Å². The first-order valence-electron chi connectivity index (χ1n) is 3.59. The number of hydrogen-bond acceptors (Lipinski definition) is 4. The van der Waals surface area contributed by atoms with Crippen molar-refractivity contribution in [1.82, 2.24) is 0 Å². The predicted octanol–water partition coefficient (Wildman–Crippen LogP) is 1.64. The van der Waals surface area contributed by atoms with E-state index in [0.717, 1.165) is 6.07 Å². The molecule has 0 atom stereocenters. The number of rotatable bonds is 2. The summed E-state index contributed by atoms with van der Waals surface area (Å²) >= 11 is 10.5. The van der Waals surface area contributed by atoms with Gasteiger partial charge in [-0.05, 0) is 6.92 Å². The summed E-state index contributed by atoms with van der Waals surface area (Å²) in [6.07, 6.45) is 0. The molecular formula is C8H6Cl2O4. The molecule has 0 aliphatic carbocycles. The van der Waals surface area contributed by atoms with E-state index in [1.54, 1.807) is 0 Å². The quantitative estimate of drug-likeness (QED) is 0.627. The summed E-state index contributed by atoms with van der Waals surface area (Å²) in [5.74, 6) is -1.15. The van der Waals surface area contributed by atoms with Gasteiger partial charge in [0.15, 0.2) is 4.84 Å². The highest BCUT2D eigenvalue weighted by molar-refractivity contribution is 6.55. The van der Waals surface area contributed by atoms with Crippen LogP contribution in [0.15, 0.2) is 15.3 Å². The molecule has 0 saturated heterocycles. The molecule has 1 N–H and O–H groups in total. The van der Waals surface area contributed by atoms with E-state index >= 15 is 0 Å². The second-order valence-corrected chi connectivity index (χ2v) is 3.67. The molecule has 0 aromatic carbocycles. The average Bonchev–Trinajstić information content (AvgIpc) is 2.01. The molecular weight excluding hydrogens is 231 g/mol. The number of hydrogen-bond donors (Lipinski definition) is 1. The van der Waals surface area contributed by atoms with E-state index in [1.165, 1.54) is 6.92 Å². The molecule has 0 unspecified atom stereocenters. The van der Waals surface area contributed by atoms with E-state index in [9.17, 15) is 14.7 Å². The normalized spacial score (nSPS) is 10.6. The zero-order valence-electron chi connectivity index (χ0n) is 7.08. The van der Waals surface area contributed by atoms with E-state index in [0.29, 0.717) is 0 Å². The molecule has 76 valence electrons. The number of carbonyl (C=O) groups excluding carboxylic acids is 1. The van der Waals surface area contributed by atoms with Crippen molar-refractivity contribution >= 4 is 29.0 Å². The van der Waals surface area contributed by atoms with Gasteiger partial charge >= 0.3 is 5.63 Å². The van der Waals surface area contributed by atoms with Gasteiger partial charge in [-0.3, -0.25) is 4.79 Å². The fraction of sp³-hybridized carbons (Fsp3) is 0.250. The topological polar surface area (TPSA) is 67.5 Å². The first kappa shape index (κ1) is 11.1. The molecule has 1 aromatic rings. The lowest BCUT2D eigenvalue weighted by Crippen LogP contribution is -2.19. The number of alkyl halides is 2. The molecule has 1 rings (SSSR count). The number of carbonyl (C=O) groups is 1. The van der Waals surface area contributed by atoms with Crippen LogP contribution in [0, 0.1) is 6.92 Å². The molecule has 1 heterocycles. The molecule has 0 aliphatic heterocycles. The zero-order valence-corrected chi connectivity index (χ0v) is 8.59. The number of halogens is 2. The van der Waals surface area contributed by atoms with Crippen molar-refractivity contribution in [3.8, 4) is 5.75 Å². The summed E-state index contributed by atoms with van der Waals surface area (Å²) in [4.78, 5) is 21.0. The fourth-order valence-electron chi connectivity index (χ4n) is 0.932. The predicted molar refractivity (Wildman–Crippen MR) is 51.2 cm³/mol. The van der Waals surface area contributed by atoms with Crippen LogP contribution in [0.4, 0.5) is 0 Å².